The van der Waals surface area contributed by atoms with E-state index >= 15 is 0 Å². The molecule has 0 aliphatic carbocycles. The topological polar surface area (TPSA) is 64.8 Å². The molecule has 1 amide bonds. The van der Waals surface area contributed by atoms with Crippen LogP contribution in [0.1, 0.15) is 20.8 Å². The van der Waals surface area contributed by atoms with E-state index in [0.717, 1.165) is 4.88 Å². The Bertz CT molecular complexity index is 607. The Hall–Kier alpha value is -1.57. The molecule has 0 spiro atoms. The van der Waals surface area contributed by atoms with Crippen molar-refractivity contribution in [3.05, 3.63) is 22.5 Å². The maximum absolute atomic E-state index is 10.9. The van der Waals surface area contributed by atoms with Crippen LogP contribution in [-0.4, -0.2) is 35.4 Å². The zero-order chi connectivity index (χ0) is 16.2. The second-order valence-corrected chi connectivity index (χ2v) is 6.73. The number of carbonyl (C=O) groups excluding carboxylic acids is 1. The molecule has 2 aromatic heterocycles. The Kier molecular flexibility index (Phi) is 5.44. The second kappa shape index (κ2) is 7.13. The van der Waals surface area contributed by atoms with Gasteiger partial charge in [-0.15, -0.1) is 11.3 Å². The van der Waals surface area contributed by atoms with E-state index in [1.54, 1.807) is 0 Å². The number of ether oxygens (including phenoxy) is 1. The number of hydroxylamine groups is 2. The molecule has 0 bridgehead atoms. The number of nitrogens with zero attached hydrogens (tertiary/aromatic N) is 2. The molecular weight excluding hydrogens is 328 g/mol. The van der Waals surface area contributed by atoms with Gasteiger partial charge in [0.1, 0.15) is 6.61 Å². The molecule has 120 valence electrons. The number of rotatable bonds is 7. The molecule has 0 aromatic carbocycles. The average Bonchev–Trinajstić information content (AvgIpc) is 3.06. The van der Waals surface area contributed by atoms with Crippen LogP contribution in [0.2, 0.25) is 5.02 Å². The van der Waals surface area contributed by atoms with Crippen molar-refractivity contribution in [3.8, 4) is 16.5 Å². The highest BCUT2D eigenvalue weighted by Gasteiger charge is 2.19. The number of thiophene rings is 1. The molecule has 2 aromatic rings. The summed E-state index contributed by atoms with van der Waals surface area (Å²) in [6.45, 7) is 5.99. The maximum atomic E-state index is 10.9. The summed E-state index contributed by atoms with van der Waals surface area (Å²) in [6, 6.07) is 3.78. The molecule has 2 rings (SSSR count). The standard InChI is InChI=1S/C14H17ClN2O4S/c1-14(2,3)21-17(9-18)6-7-19-13-11(15)12(20-16-13)10-5-4-8-22-10/h4-5,8-9H,6-7H2,1-3H3. The molecule has 0 aliphatic heterocycles. The van der Waals surface area contributed by atoms with Crippen molar-refractivity contribution in [2.24, 2.45) is 0 Å². The first-order chi connectivity index (χ1) is 10.4. The number of halogens is 1. The zero-order valence-electron chi connectivity index (χ0n) is 12.5. The number of amides is 1. The van der Waals surface area contributed by atoms with Crippen LogP contribution in [0.25, 0.3) is 10.6 Å². The van der Waals surface area contributed by atoms with E-state index in [9.17, 15) is 4.79 Å². The molecule has 0 N–H and O–H groups in total. The summed E-state index contributed by atoms with van der Waals surface area (Å²) in [5.41, 5.74) is -0.460. The minimum atomic E-state index is -0.460. The fraction of sp³-hybridized carbons (Fsp3) is 0.429. The summed E-state index contributed by atoms with van der Waals surface area (Å²) in [4.78, 5) is 17.2. The summed E-state index contributed by atoms with van der Waals surface area (Å²) < 4.78 is 10.6. The van der Waals surface area contributed by atoms with Gasteiger partial charge in [-0.05, 0) is 37.4 Å². The van der Waals surface area contributed by atoms with E-state index in [2.05, 4.69) is 5.16 Å². The Labute approximate surface area is 137 Å². The Morgan fingerprint density at radius 3 is 2.86 bits per heavy atom. The fourth-order valence-electron chi connectivity index (χ4n) is 1.62. The first-order valence-electron chi connectivity index (χ1n) is 6.63. The Morgan fingerprint density at radius 2 is 2.27 bits per heavy atom. The second-order valence-electron chi connectivity index (χ2n) is 5.41. The molecule has 8 heteroatoms. The predicted octanol–water partition coefficient (Wildman–Crippen LogP) is 3.62. The van der Waals surface area contributed by atoms with Crippen molar-refractivity contribution in [1.82, 2.24) is 10.2 Å². The zero-order valence-corrected chi connectivity index (χ0v) is 14.1. The highest BCUT2D eigenvalue weighted by molar-refractivity contribution is 7.13. The fourth-order valence-corrected chi connectivity index (χ4v) is 2.61. The molecule has 22 heavy (non-hydrogen) atoms. The van der Waals surface area contributed by atoms with E-state index in [1.165, 1.54) is 16.4 Å². The molecule has 0 saturated carbocycles. The van der Waals surface area contributed by atoms with E-state index in [1.807, 2.05) is 38.3 Å². The maximum Gasteiger partial charge on any atom is 0.273 e. The van der Waals surface area contributed by atoms with Gasteiger partial charge in [0.15, 0.2) is 10.8 Å². The highest BCUT2D eigenvalue weighted by Crippen LogP contribution is 2.37. The van der Waals surface area contributed by atoms with Gasteiger partial charge in [-0.2, -0.15) is 0 Å². The minimum Gasteiger partial charge on any atom is -0.472 e. The van der Waals surface area contributed by atoms with Gasteiger partial charge in [0.05, 0.1) is 17.0 Å². The lowest BCUT2D eigenvalue weighted by Crippen LogP contribution is -2.35. The Morgan fingerprint density at radius 1 is 1.50 bits per heavy atom. The summed E-state index contributed by atoms with van der Waals surface area (Å²) in [7, 11) is 0. The third kappa shape index (κ3) is 4.46. The van der Waals surface area contributed by atoms with Crippen LogP contribution in [0.4, 0.5) is 0 Å². The molecule has 0 radical (unpaired) electrons. The molecule has 2 heterocycles. The average molecular weight is 345 g/mol. The van der Waals surface area contributed by atoms with Crippen molar-refractivity contribution in [1.29, 1.82) is 0 Å². The van der Waals surface area contributed by atoms with Gasteiger partial charge in [0.2, 0.25) is 6.41 Å². The first kappa shape index (κ1) is 16.8. The summed E-state index contributed by atoms with van der Waals surface area (Å²) in [5.74, 6) is 0.677. The number of hydrogen-bond acceptors (Lipinski definition) is 6. The molecule has 0 unspecified atom stereocenters. The van der Waals surface area contributed by atoms with Gasteiger partial charge in [0.25, 0.3) is 5.88 Å². The molecule has 0 aliphatic rings. The van der Waals surface area contributed by atoms with Gasteiger partial charge in [-0.1, -0.05) is 17.7 Å². The smallest absolute Gasteiger partial charge is 0.273 e. The monoisotopic (exact) mass is 344 g/mol. The summed E-state index contributed by atoms with van der Waals surface area (Å²) in [5, 5.41) is 7.21. The third-order valence-electron chi connectivity index (χ3n) is 2.41. The molecule has 0 atom stereocenters. The Balaban J connectivity index is 1.91. The minimum absolute atomic E-state index is 0.185. The number of aromatic nitrogens is 1. The summed E-state index contributed by atoms with van der Waals surface area (Å²) >= 11 is 7.68. The van der Waals surface area contributed by atoms with Crippen LogP contribution < -0.4 is 4.74 Å². The van der Waals surface area contributed by atoms with Crippen molar-refractivity contribution in [3.63, 3.8) is 0 Å². The van der Waals surface area contributed by atoms with Crippen LogP contribution in [0.5, 0.6) is 5.88 Å². The van der Waals surface area contributed by atoms with Crippen LogP contribution >= 0.6 is 22.9 Å². The van der Waals surface area contributed by atoms with Gasteiger partial charge < -0.3 is 9.26 Å². The van der Waals surface area contributed by atoms with Crippen LogP contribution in [0.15, 0.2) is 22.0 Å². The SMILES string of the molecule is CC(C)(C)ON(C=O)CCOc1noc(-c2cccs2)c1Cl. The normalized spacial score (nSPS) is 11.5. The highest BCUT2D eigenvalue weighted by atomic mass is 35.5. The molecule has 0 saturated heterocycles. The van der Waals surface area contributed by atoms with Crippen LogP contribution in [-0.2, 0) is 9.63 Å². The first-order valence-corrected chi connectivity index (χ1v) is 7.89. The van der Waals surface area contributed by atoms with E-state index in [0.29, 0.717) is 17.2 Å². The van der Waals surface area contributed by atoms with Crippen molar-refractivity contribution in [2.75, 3.05) is 13.2 Å². The summed E-state index contributed by atoms with van der Waals surface area (Å²) in [6.07, 6.45) is 0.607. The van der Waals surface area contributed by atoms with Crippen molar-refractivity contribution in [2.45, 2.75) is 26.4 Å². The van der Waals surface area contributed by atoms with Gasteiger partial charge in [0, 0.05) is 0 Å². The quantitative estimate of drug-likeness (QED) is 0.567. The predicted molar refractivity (Wildman–Crippen MR) is 83.9 cm³/mol. The molecular formula is C14H17ClN2O4S. The van der Waals surface area contributed by atoms with E-state index in [-0.39, 0.29) is 19.0 Å². The largest absolute Gasteiger partial charge is 0.472 e. The lowest BCUT2D eigenvalue weighted by atomic mass is 10.2. The van der Waals surface area contributed by atoms with E-state index in [4.69, 9.17) is 25.7 Å². The van der Waals surface area contributed by atoms with E-state index < -0.39 is 5.60 Å². The van der Waals surface area contributed by atoms with Crippen LogP contribution in [0, 0.1) is 0 Å². The van der Waals surface area contributed by atoms with Crippen molar-refractivity contribution < 1.29 is 18.9 Å². The van der Waals surface area contributed by atoms with Crippen LogP contribution in [0.3, 0.4) is 0 Å². The number of hydrogen-bond donors (Lipinski definition) is 0. The lowest BCUT2D eigenvalue weighted by molar-refractivity contribution is -0.217. The number of carbonyl (C=O) groups is 1. The molecule has 0 fully saturated rings. The lowest BCUT2D eigenvalue weighted by Gasteiger charge is -2.26. The van der Waals surface area contributed by atoms with Gasteiger partial charge in [-0.3, -0.25) is 9.63 Å². The molecule has 6 nitrogen and oxygen atoms in total. The van der Waals surface area contributed by atoms with Gasteiger partial charge in [-0.25, -0.2) is 5.06 Å². The van der Waals surface area contributed by atoms with Gasteiger partial charge >= 0.3 is 0 Å². The van der Waals surface area contributed by atoms with Crippen molar-refractivity contribution >= 4 is 29.3 Å². The third-order valence-corrected chi connectivity index (χ3v) is 3.61.